The third-order valence-electron chi connectivity index (χ3n) is 6.16. The molecule has 2 aromatic heterocycles. The summed E-state index contributed by atoms with van der Waals surface area (Å²) in [5.74, 6) is -2.91. The summed E-state index contributed by atoms with van der Waals surface area (Å²) >= 11 is 4.14. The number of carbonyl (C=O) groups is 3. The Kier molecular flexibility index (Phi) is 9.00. The molecule has 230 valence electrons. The van der Waals surface area contributed by atoms with Crippen molar-refractivity contribution < 1.29 is 41.9 Å². The molecule has 2 atom stereocenters. The van der Waals surface area contributed by atoms with Crippen molar-refractivity contribution in [3.05, 3.63) is 73.9 Å². The number of rotatable bonds is 9. The molecule has 0 spiro atoms. The number of alkyl halides is 4. The van der Waals surface area contributed by atoms with E-state index in [1.807, 2.05) is 0 Å². The SMILES string of the molecule is Nc1nc(C(=NOCF)C(=O)NC2C(=O)N3C(C(=O)O)=C(C=CSc4cc(=O)c5ccc(C(F)(F)F)cc5s4)CS[C@H]23)cs1. The molecule has 0 aliphatic carbocycles. The average molecular weight is 688 g/mol. The number of benzene rings is 1. The minimum Gasteiger partial charge on any atom is -0.477 e. The lowest BCUT2D eigenvalue weighted by molar-refractivity contribution is -0.150. The number of amides is 2. The molecule has 2 amide bonds. The largest absolute Gasteiger partial charge is 0.477 e. The fraction of sp³-hybridized carbons (Fsp3) is 0.200. The van der Waals surface area contributed by atoms with Gasteiger partial charge in [0.1, 0.15) is 22.8 Å². The second-order valence-corrected chi connectivity index (χ2v) is 13.1. The third kappa shape index (κ3) is 6.30. The Hall–Kier alpha value is -3.94. The summed E-state index contributed by atoms with van der Waals surface area (Å²) in [6.45, 7) is -1.33. The van der Waals surface area contributed by atoms with Crippen LogP contribution in [0.5, 0.6) is 0 Å². The van der Waals surface area contributed by atoms with Gasteiger partial charge in [0.2, 0.25) is 0 Å². The molecule has 19 heteroatoms. The normalized spacial score (nSPS) is 18.9. The van der Waals surface area contributed by atoms with E-state index >= 15 is 0 Å². The summed E-state index contributed by atoms with van der Waals surface area (Å²) < 4.78 is 52.5. The highest BCUT2D eigenvalue weighted by Crippen LogP contribution is 2.41. The molecule has 1 unspecified atom stereocenters. The van der Waals surface area contributed by atoms with Gasteiger partial charge in [-0.05, 0) is 35.3 Å². The molecule has 2 aliphatic heterocycles. The van der Waals surface area contributed by atoms with E-state index in [0.29, 0.717) is 4.21 Å². The van der Waals surface area contributed by atoms with Crippen LogP contribution in [0.4, 0.5) is 22.7 Å². The molecule has 0 saturated carbocycles. The molecule has 4 N–H and O–H groups in total. The lowest BCUT2D eigenvalue weighted by atomic mass is 10.0. The second kappa shape index (κ2) is 12.6. The van der Waals surface area contributed by atoms with Crippen molar-refractivity contribution in [2.45, 2.75) is 21.8 Å². The number of anilines is 1. The lowest BCUT2D eigenvalue weighted by Crippen LogP contribution is -2.71. The van der Waals surface area contributed by atoms with E-state index in [1.54, 1.807) is 0 Å². The summed E-state index contributed by atoms with van der Waals surface area (Å²) in [6, 6.07) is 3.01. The van der Waals surface area contributed by atoms with Gasteiger partial charge in [-0.25, -0.2) is 14.2 Å². The van der Waals surface area contributed by atoms with Crippen molar-refractivity contribution in [3.8, 4) is 0 Å². The van der Waals surface area contributed by atoms with Gasteiger partial charge in [-0.15, -0.1) is 34.4 Å². The Labute approximate surface area is 260 Å². The van der Waals surface area contributed by atoms with Gasteiger partial charge in [-0.3, -0.25) is 19.3 Å². The van der Waals surface area contributed by atoms with Crippen molar-refractivity contribution in [3.63, 3.8) is 0 Å². The molecule has 5 rings (SSSR count). The zero-order valence-electron chi connectivity index (χ0n) is 21.7. The van der Waals surface area contributed by atoms with Crippen LogP contribution < -0.4 is 16.5 Å². The molecule has 1 saturated heterocycles. The number of hydrogen-bond acceptors (Lipinski definition) is 12. The number of nitrogens with one attached hydrogen (secondary N) is 1. The zero-order valence-corrected chi connectivity index (χ0v) is 24.9. The molecular weight excluding hydrogens is 671 g/mol. The number of allylic oxidation sites excluding steroid dienone is 1. The van der Waals surface area contributed by atoms with E-state index in [1.165, 1.54) is 34.7 Å². The Bertz CT molecular complexity index is 1820. The quantitative estimate of drug-likeness (QED) is 0.0985. The van der Waals surface area contributed by atoms with Crippen LogP contribution in [0.15, 0.2) is 66.6 Å². The average Bonchev–Trinajstić information content (AvgIpc) is 3.40. The highest BCUT2D eigenvalue weighted by Gasteiger charge is 2.54. The van der Waals surface area contributed by atoms with Crippen LogP contribution in [0.1, 0.15) is 11.3 Å². The van der Waals surface area contributed by atoms with Crippen LogP contribution >= 0.6 is 46.2 Å². The number of nitrogens with two attached hydrogens (primary N) is 1. The highest BCUT2D eigenvalue weighted by atomic mass is 32.2. The van der Waals surface area contributed by atoms with Crippen LogP contribution in [0.3, 0.4) is 0 Å². The predicted molar refractivity (Wildman–Crippen MR) is 158 cm³/mol. The van der Waals surface area contributed by atoms with Gasteiger partial charge in [-0.2, -0.15) is 13.2 Å². The number of aromatic nitrogens is 1. The number of nitrogens with zero attached hydrogens (tertiary/aromatic N) is 3. The number of hydrogen-bond donors (Lipinski definition) is 3. The molecule has 1 fully saturated rings. The van der Waals surface area contributed by atoms with Gasteiger partial charge >= 0.3 is 12.1 Å². The van der Waals surface area contributed by atoms with Gasteiger partial charge in [0.15, 0.2) is 16.3 Å². The molecule has 1 aromatic carbocycles. The van der Waals surface area contributed by atoms with Crippen LogP contribution in [0.2, 0.25) is 0 Å². The van der Waals surface area contributed by atoms with E-state index < -0.39 is 58.9 Å². The number of oxime groups is 1. The second-order valence-electron chi connectivity index (χ2n) is 8.85. The zero-order chi connectivity index (χ0) is 31.8. The number of carboxylic acid groups (broad SMARTS) is 1. The number of carbonyl (C=O) groups excluding carboxylic acids is 2. The molecule has 3 aromatic rings. The number of halogens is 4. The molecule has 0 bridgehead atoms. The number of β-lactam (4-membered cyclic amide) rings is 1. The number of fused-ring (bicyclic) bond motifs is 2. The van der Waals surface area contributed by atoms with E-state index in [-0.39, 0.29) is 37.9 Å². The third-order valence-corrected chi connectivity index (χ3v) is 10.2. The summed E-state index contributed by atoms with van der Waals surface area (Å²) in [5.41, 5.74) is 3.74. The molecular formula is C25H17F4N5O6S4. The topological polar surface area (TPSA) is 164 Å². The summed E-state index contributed by atoms with van der Waals surface area (Å²) in [6.07, 6.45) is -3.13. The Morgan fingerprint density at radius 1 is 1.30 bits per heavy atom. The number of thioether (sulfide) groups is 2. The smallest absolute Gasteiger partial charge is 0.416 e. The highest BCUT2D eigenvalue weighted by molar-refractivity contribution is 8.04. The van der Waals surface area contributed by atoms with Gasteiger partial charge in [0.05, 0.1) is 9.77 Å². The number of aliphatic carboxylic acids is 1. The van der Waals surface area contributed by atoms with Crippen LogP contribution in [-0.4, -0.2) is 62.5 Å². The summed E-state index contributed by atoms with van der Waals surface area (Å²) in [5, 5.41) is 18.1. The number of thiazole rings is 1. The maximum atomic E-state index is 13.1. The van der Waals surface area contributed by atoms with E-state index in [9.17, 15) is 41.8 Å². The molecule has 4 heterocycles. The number of carboxylic acids is 1. The van der Waals surface area contributed by atoms with Crippen molar-refractivity contribution >= 4 is 84.9 Å². The standard InChI is InChI=1S/C25H17F4N5O6S4/c26-9-40-33-17(13-8-43-24(30)31-13)20(36)32-18-21(37)34-19(23(38)39)10(7-42-22(18)34)3-4-41-16-6-14(35)12-2-1-11(25(27,28)29)5-15(12)44-16/h1-6,8,18,22H,7,9H2,(H2,30,31)(H,32,36)(H,38,39)/t18?,22-/m1/s1. The van der Waals surface area contributed by atoms with E-state index in [4.69, 9.17) is 5.73 Å². The minimum atomic E-state index is -4.57. The predicted octanol–water partition coefficient (Wildman–Crippen LogP) is 4.01. The van der Waals surface area contributed by atoms with Crippen molar-refractivity contribution in [1.29, 1.82) is 0 Å². The fourth-order valence-electron chi connectivity index (χ4n) is 4.22. The first-order valence-corrected chi connectivity index (χ1v) is 15.7. The molecule has 44 heavy (non-hydrogen) atoms. The summed E-state index contributed by atoms with van der Waals surface area (Å²) in [4.78, 5) is 59.8. The summed E-state index contributed by atoms with van der Waals surface area (Å²) in [7, 11) is 0. The van der Waals surface area contributed by atoms with Crippen molar-refractivity contribution in [2.75, 3.05) is 18.3 Å². The minimum absolute atomic E-state index is 0.00774. The number of nitrogen functional groups attached to an aromatic ring is 1. The first-order valence-electron chi connectivity index (χ1n) is 12.1. The van der Waals surface area contributed by atoms with Gasteiger partial charge < -0.3 is 21.0 Å². The van der Waals surface area contributed by atoms with Crippen LogP contribution in [0.25, 0.3) is 10.1 Å². The van der Waals surface area contributed by atoms with Crippen LogP contribution in [-0.2, 0) is 25.4 Å². The van der Waals surface area contributed by atoms with Crippen LogP contribution in [0, 0.1) is 0 Å². The van der Waals surface area contributed by atoms with Gasteiger partial charge in [0.25, 0.3) is 18.7 Å². The van der Waals surface area contributed by atoms with E-state index in [0.717, 1.165) is 57.5 Å². The maximum Gasteiger partial charge on any atom is 0.416 e. The van der Waals surface area contributed by atoms with Gasteiger partial charge in [-0.1, -0.05) is 16.9 Å². The first-order chi connectivity index (χ1) is 20.9. The van der Waals surface area contributed by atoms with Crippen molar-refractivity contribution in [2.24, 2.45) is 5.16 Å². The molecule has 11 nitrogen and oxygen atoms in total. The fourth-order valence-corrected chi connectivity index (χ4v) is 8.10. The van der Waals surface area contributed by atoms with Crippen molar-refractivity contribution in [1.82, 2.24) is 15.2 Å². The Morgan fingerprint density at radius 2 is 2.07 bits per heavy atom. The first kappa shape index (κ1) is 31.5. The Balaban J connectivity index is 1.33. The monoisotopic (exact) mass is 687 g/mol. The van der Waals surface area contributed by atoms with Gasteiger partial charge in [0, 0.05) is 27.3 Å². The molecule has 2 aliphatic rings. The maximum absolute atomic E-state index is 13.1. The Morgan fingerprint density at radius 3 is 2.73 bits per heavy atom. The lowest BCUT2D eigenvalue weighted by Gasteiger charge is -2.49. The molecule has 0 radical (unpaired) electrons. The van der Waals surface area contributed by atoms with E-state index in [2.05, 4.69) is 20.3 Å².